The highest BCUT2D eigenvalue weighted by atomic mass is 32.1. The van der Waals surface area contributed by atoms with Crippen molar-refractivity contribution >= 4 is 34.6 Å². The Labute approximate surface area is 113 Å². The van der Waals surface area contributed by atoms with Crippen LogP contribution in [0.2, 0.25) is 0 Å². The third-order valence-corrected chi connectivity index (χ3v) is 3.45. The molecule has 0 saturated carbocycles. The molecule has 2 aromatic rings. The van der Waals surface area contributed by atoms with Gasteiger partial charge in [-0.3, -0.25) is 10.1 Å². The fourth-order valence-electron chi connectivity index (χ4n) is 1.38. The van der Waals surface area contributed by atoms with Gasteiger partial charge in [-0.15, -0.1) is 10.2 Å². The summed E-state index contributed by atoms with van der Waals surface area (Å²) in [5, 5.41) is 12.0. The van der Waals surface area contributed by atoms with E-state index in [2.05, 4.69) is 27.4 Å². The summed E-state index contributed by atoms with van der Waals surface area (Å²) in [6.07, 6.45) is 3.56. The largest absolute Gasteiger partial charge is 0.352 e. The third-order valence-electron chi connectivity index (χ3n) is 2.21. The molecule has 0 aliphatic heterocycles. The molecule has 0 radical (unpaired) electrons. The number of carbonyl (C=O) groups excluding carboxylic acids is 1. The van der Waals surface area contributed by atoms with Crippen LogP contribution < -0.4 is 5.32 Å². The summed E-state index contributed by atoms with van der Waals surface area (Å²) in [5.41, 5.74) is 0.430. The van der Waals surface area contributed by atoms with Crippen molar-refractivity contribution in [3.05, 3.63) is 33.5 Å². The number of H-pyrrole nitrogens is 1. The van der Waals surface area contributed by atoms with E-state index in [1.54, 1.807) is 18.3 Å². The topological polar surface area (TPSA) is 70.7 Å². The van der Waals surface area contributed by atoms with Gasteiger partial charge in [0.05, 0.1) is 5.56 Å². The smallest absolute Gasteiger partial charge is 0.260 e. The van der Waals surface area contributed by atoms with Crippen LogP contribution in [0.5, 0.6) is 0 Å². The lowest BCUT2D eigenvalue weighted by Gasteiger charge is -2.00. The molecule has 2 rings (SSSR count). The highest BCUT2D eigenvalue weighted by molar-refractivity contribution is 7.71. The van der Waals surface area contributed by atoms with Crippen molar-refractivity contribution in [1.29, 1.82) is 0 Å². The monoisotopic (exact) mass is 280 g/mol. The fourth-order valence-corrected chi connectivity index (χ4v) is 2.45. The van der Waals surface area contributed by atoms with Crippen molar-refractivity contribution < 1.29 is 4.79 Å². The number of aromatic nitrogens is 3. The van der Waals surface area contributed by atoms with E-state index in [9.17, 15) is 4.79 Å². The number of hydrogen-bond acceptors (Lipinski definition) is 5. The van der Waals surface area contributed by atoms with Crippen LogP contribution in [0.25, 0.3) is 0 Å². The normalized spacial score (nSPS) is 10.3. The minimum Gasteiger partial charge on any atom is -0.352 e. The SMILES string of the molecule is CCCc1nnc(NC(=O)c2ccc[nH]c2=S)s1. The van der Waals surface area contributed by atoms with Gasteiger partial charge in [0.15, 0.2) is 0 Å². The Bertz CT molecular complexity index is 605. The van der Waals surface area contributed by atoms with E-state index in [1.165, 1.54) is 11.3 Å². The number of nitrogens with zero attached hydrogens (tertiary/aromatic N) is 2. The number of aryl methyl sites for hydroxylation is 1. The third kappa shape index (κ3) is 2.99. The predicted octanol–water partition coefficient (Wildman–Crippen LogP) is 2.80. The molecule has 0 bridgehead atoms. The molecule has 2 N–H and O–H groups in total. The van der Waals surface area contributed by atoms with Crippen molar-refractivity contribution in [3.63, 3.8) is 0 Å². The number of hydrogen-bond donors (Lipinski definition) is 2. The lowest BCUT2D eigenvalue weighted by Crippen LogP contribution is -2.12. The predicted molar refractivity (Wildman–Crippen MR) is 73.5 cm³/mol. The van der Waals surface area contributed by atoms with E-state index in [1.807, 2.05) is 0 Å². The maximum Gasteiger partial charge on any atom is 0.260 e. The second-order valence-electron chi connectivity index (χ2n) is 3.62. The standard InChI is InChI=1S/C11H12N4OS2/c1-2-4-8-14-15-11(18-8)13-9(16)7-5-3-6-12-10(7)17/h3,5-6H,2,4H2,1H3,(H,12,17)(H,13,15,16). The maximum atomic E-state index is 11.9. The quantitative estimate of drug-likeness (QED) is 0.845. The van der Waals surface area contributed by atoms with Crippen LogP contribution in [-0.4, -0.2) is 21.1 Å². The first-order valence-corrected chi connectivity index (χ1v) is 6.74. The summed E-state index contributed by atoms with van der Waals surface area (Å²) in [6, 6.07) is 3.40. The molecular formula is C11H12N4OS2. The molecule has 2 aromatic heterocycles. The molecule has 0 aliphatic carbocycles. The number of nitrogens with one attached hydrogen (secondary N) is 2. The van der Waals surface area contributed by atoms with Crippen molar-refractivity contribution in [1.82, 2.24) is 15.2 Å². The molecule has 0 atom stereocenters. The number of aromatic amines is 1. The Kier molecular flexibility index (Phi) is 4.16. The van der Waals surface area contributed by atoms with Crippen LogP contribution in [0.3, 0.4) is 0 Å². The summed E-state index contributed by atoms with van der Waals surface area (Å²) in [7, 11) is 0. The second kappa shape index (κ2) is 5.83. The van der Waals surface area contributed by atoms with Gasteiger partial charge in [-0.05, 0) is 18.6 Å². The zero-order valence-electron chi connectivity index (χ0n) is 9.77. The van der Waals surface area contributed by atoms with Gasteiger partial charge in [-0.2, -0.15) is 0 Å². The zero-order valence-corrected chi connectivity index (χ0v) is 11.4. The van der Waals surface area contributed by atoms with Crippen LogP contribution in [0, 0.1) is 4.64 Å². The molecule has 18 heavy (non-hydrogen) atoms. The van der Waals surface area contributed by atoms with Crippen LogP contribution in [0.4, 0.5) is 5.13 Å². The number of amides is 1. The first-order chi connectivity index (χ1) is 8.70. The highest BCUT2D eigenvalue weighted by Crippen LogP contribution is 2.17. The lowest BCUT2D eigenvalue weighted by molar-refractivity contribution is 0.102. The van der Waals surface area contributed by atoms with Crippen molar-refractivity contribution in [2.75, 3.05) is 5.32 Å². The van der Waals surface area contributed by atoms with E-state index >= 15 is 0 Å². The molecule has 0 aromatic carbocycles. The molecule has 0 aliphatic rings. The molecule has 7 heteroatoms. The molecule has 5 nitrogen and oxygen atoms in total. The molecule has 1 amide bonds. The molecular weight excluding hydrogens is 268 g/mol. The maximum absolute atomic E-state index is 11.9. The van der Waals surface area contributed by atoms with Crippen molar-refractivity contribution in [2.45, 2.75) is 19.8 Å². The van der Waals surface area contributed by atoms with Crippen molar-refractivity contribution in [2.24, 2.45) is 0 Å². The van der Waals surface area contributed by atoms with Crippen LogP contribution in [-0.2, 0) is 6.42 Å². The average molecular weight is 280 g/mol. The second-order valence-corrected chi connectivity index (χ2v) is 5.09. The van der Waals surface area contributed by atoms with Gasteiger partial charge in [0.2, 0.25) is 5.13 Å². The Morgan fingerprint density at radius 3 is 3.11 bits per heavy atom. The Morgan fingerprint density at radius 2 is 2.39 bits per heavy atom. The Hall–Kier alpha value is -1.60. The summed E-state index contributed by atoms with van der Waals surface area (Å²) in [6.45, 7) is 2.07. The first kappa shape index (κ1) is 12.8. The van der Waals surface area contributed by atoms with Crippen LogP contribution in [0.15, 0.2) is 18.3 Å². The fraction of sp³-hybridized carbons (Fsp3) is 0.273. The van der Waals surface area contributed by atoms with Crippen LogP contribution >= 0.6 is 23.6 Å². The van der Waals surface area contributed by atoms with E-state index < -0.39 is 0 Å². The summed E-state index contributed by atoms with van der Waals surface area (Å²) in [4.78, 5) is 14.8. The molecule has 2 heterocycles. The lowest BCUT2D eigenvalue weighted by atomic mass is 10.3. The number of rotatable bonds is 4. The number of pyridine rings is 1. The zero-order chi connectivity index (χ0) is 13.0. The van der Waals surface area contributed by atoms with Crippen molar-refractivity contribution in [3.8, 4) is 0 Å². The number of anilines is 1. The highest BCUT2D eigenvalue weighted by Gasteiger charge is 2.11. The van der Waals surface area contributed by atoms with E-state index in [0.29, 0.717) is 15.3 Å². The van der Waals surface area contributed by atoms with Gasteiger partial charge in [-0.1, -0.05) is 30.5 Å². The van der Waals surface area contributed by atoms with E-state index in [4.69, 9.17) is 12.2 Å². The first-order valence-electron chi connectivity index (χ1n) is 5.52. The summed E-state index contributed by atoms with van der Waals surface area (Å²) < 4.78 is 0.410. The van der Waals surface area contributed by atoms with Gasteiger partial charge in [0.1, 0.15) is 9.65 Å². The molecule has 0 unspecified atom stereocenters. The molecule has 0 fully saturated rings. The average Bonchev–Trinajstić information content (AvgIpc) is 2.77. The van der Waals surface area contributed by atoms with E-state index in [0.717, 1.165) is 17.8 Å². The Morgan fingerprint density at radius 1 is 1.56 bits per heavy atom. The van der Waals surface area contributed by atoms with Gasteiger partial charge < -0.3 is 4.98 Å². The number of carbonyl (C=O) groups is 1. The molecule has 94 valence electrons. The Balaban J connectivity index is 2.11. The van der Waals surface area contributed by atoms with E-state index in [-0.39, 0.29) is 5.91 Å². The van der Waals surface area contributed by atoms with Gasteiger partial charge in [0, 0.05) is 12.6 Å². The summed E-state index contributed by atoms with van der Waals surface area (Å²) >= 11 is 6.43. The van der Waals surface area contributed by atoms with Gasteiger partial charge in [0.25, 0.3) is 5.91 Å². The molecule has 0 spiro atoms. The minimum absolute atomic E-state index is 0.268. The van der Waals surface area contributed by atoms with Crippen LogP contribution in [0.1, 0.15) is 28.7 Å². The summed E-state index contributed by atoms with van der Waals surface area (Å²) in [5.74, 6) is -0.268. The minimum atomic E-state index is -0.268. The van der Waals surface area contributed by atoms with Gasteiger partial charge >= 0.3 is 0 Å². The van der Waals surface area contributed by atoms with Gasteiger partial charge in [-0.25, -0.2) is 0 Å². The molecule has 0 saturated heterocycles.